The smallest absolute Gasteiger partial charge is 0.119 e. The summed E-state index contributed by atoms with van der Waals surface area (Å²) >= 11 is 0. The zero-order chi connectivity index (χ0) is 12.8. The summed E-state index contributed by atoms with van der Waals surface area (Å²) < 4.78 is 0. The van der Waals surface area contributed by atoms with E-state index in [9.17, 15) is 5.11 Å². The zero-order valence-corrected chi connectivity index (χ0v) is 11.7. The number of phenols is 1. The molecule has 0 radical (unpaired) electrons. The van der Waals surface area contributed by atoms with Gasteiger partial charge in [0.05, 0.1) is 0 Å². The molecule has 1 rings (SSSR count). The average molecular weight is 234 g/mol. The summed E-state index contributed by atoms with van der Waals surface area (Å²) in [6.45, 7) is 8.81. The first-order valence-corrected chi connectivity index (χ1v) is 6.92. The van der Waals surface area contributed by atoms with Crippen molar-refractivity contribution < 1.29 is 5.11 Å². The van der Waals surface area contributed by atoms with Crippen molar-refractivity contribution in [1.82, 2.24) is 0 Å². The molecule has 1 N–H and O–H groups in total. The summed E-state index contributed by atoms with van der Waals surface area (Å²) in [5.41, 5.74) is 2.36. The fraction of sp³-hybridized carbons (Fsp3) is 0.625. The second kappa shape index (κ2) is 6.68. The monoisotopic (exact) mass is 234 g/mol. The van der Waals surface area contributed by atoms with Gasteiger partial charge in [-0.15, -0.1) is 0 Å². The van der Waals surface area contributed by atoms with Crippen molar-refractivity contribution in [1.29, 1.82) is 0 Å². The van der Waals surface area contributed by atoms with E-state index in [1.807, 2.05) is 6.07 Å². The number of rotatable bonds is 6. The van der Waals surface area contributed by atoms with Crippen LogP contribution in [-0.4, -0.2) is 5.11 Å². The lowest BCUT2D eigenvalue weighted by molar-refractivity contribution is 0.458. The van der Waals surface area contributed by atoms with E-state index < -0.39 is 0 Å². The third kappa shape index (κ3) is 3.76. The number of aromatic hydroxyl groups is 1. The van der Waals surface area contributed by atoms with Crippen LogP contribution in [0.2, 0.25) is 0 Å². The molecule has 17 heavy (non-hydrogen) atoms. The Morgan fingerprint density at radius 2 is 1.59 bits per heavy atom. The Hall–Kier alpha value is -0.980. The van der Waals surface area contributed by atoms with Gasteiger partial charge in [-0.3, -0.25) is 0 Å². The van der Waals surface area contributed by atoms with E-state index in [1.54, 1.807) is 0 Å². The third-order valence-corrected chi connectivity index (χ3v) is 3.60. The lowest BCUT2D eigenvalue weighted by Crippen LogP contribution is -1.97. The van der Waals surface area contributed by atoms with Gasteiger partial charge >= 0.3 is 0 Å². The van der Waals surface area contributed by atoms with Gasteiger partial charge in [-0.2, -0.15) is 0 Å². The van der Waals surface area contributed by atoms with E-state index in [4.69, 9.17) is 0 Å². The van der Waals surface area contributed by atoms with Gasteiger partial charge in [-0.1, -0.05) is 52.7 Å². The van der Waals surface area contributed by atoms with Gasteiger partial charge in [-0.05, 0) is 41.9 Å². The Bertz CT molecular complexity index is 343. The zero-order valence-electron chi connectivity index (χ0n) is 11.7. The largest absolute Gasteiger partial charge is 0.508 e. The molecule has 0 amide bonds. The van der Waals surface area contributed by atoms with E-state index in [1.165, 1.54) is 18.4 Å². The fourth-order valence-electron chi connectivity index (χ4n) is 2.47. The predicted molar refractivity (Wildman–Crippen MR) is 74.8 cm³/mol. The van der Waals surface area contributed by atoms with Gasteiger partial charge < -0.3 is 5.11 Å². The molecule has 0 spiro atoms. The lowest BCUT2D eigenvalue weighted by atomic mass is 9.91. The van der Waals surface area contributed by atoms with Crippen LogP contribution in [0.3, 0.4) is 0 Å². The molecule has 0 aromatic heterocycles. The van der Waals surface area contributed by atoms with Crippen molar-refractivity contribution in [2.45, 2.75) is 65.2 Å². The molecule has 0 saturated carbocycles. The molecule has 0 aliphatic rings. The maximum Gasteiger partial charge on any atom is 0.119 e. The summed E-state index contributed by atoms with van der Waals surface area (Å²) in [5, 5.41) is 10.1. The van der Waals surface area contributed by atoms with Crippen LogP contribution in [0.1, 0.15) is 76.3 Å². The summed E-state index contributed by atoms with van der Waals surface area (Å²) in [6.07, 6.45) is 4.67. The van der Waals surface area contributed by atoms with Gasteiger partial charge in [0, 0.05) is 0 Å². The molecule has 1 aromatic carbocycles. The second-order valence-electron chi connectivity index (χ2n) is 5.20. The van der Waals surface area contributed by atoms with E-state index in [2.05, 4.69) is 39.8 Å². The van der Waals surface area contributed by atoms with E-state index in [0.717, 1.165) is 18.4 Å². The first kappa shape index (κ1) is 14.1. The van der Waals surface area contributed by atoms with Crippen molar-refractivity contribution >= 4 is 0 Å². The van der Waals surface area contributed by atoms with Gasteiger partial charge in [0.15, 0.2) is 0 Å². The number of benzene rings is 1. The van der Waals surface area contributed by atoms with Crippen molar-refractivity contribution in [2.24, 2.45) is 0 Å². The topological polar surface area (TPSA) is 20.2 Å². The maximum absolute atomic E-state index is 10.1. The highest BCUT2D eigenvalue weighted by Gasteiger charge is 2.12. The Kier molecular flexibility index (Phi) is 5.54. The van der Waals surface area contributed by atoms with Crippen LogP contribution in [-0.2, 0) is 0 Å². The molecule has 1 heteroatoms. The van der Waals surface area contributed by atoms with E-state index in [0.29, 0.717) is 17.6 Å². The highest BCUT2D eigenvalue weighted by Crippen LogP contribution is 2.32. The first-order chi connectivity index (χ1) is 8.10. The van der Waals surface area contributed by atoms with Crippen LogP contribution >= 0.6 is 0 Å². The maximum atomic E-state index is 10.1. The van der Waals surface area contributed by atoms with E-state index in [-0.39, 0.29) is 0 Å². The minimum atomic E-state index is 0.454. The van der Waals surface area contributed by atoms with Crippen molar-refractivity contribution in [3.05, 3.63) is 29.3 Å². The summed E-state index contributed by atoms with van der Waals surface area (Å²) in [4.78, 5) is 0. The Labute approximate surface area is 106 Å². The van der Waals surface area contributed by atoms with Crippen LogP contribution in [0.5, 0.6) is 5.75 Å². The van der Waals surface area contributed by atoms with Crippen LogP contribution in [0.4, 0.5) is 0 Å². The van der Waals surface area contributed by atoms with Crippen LogP contribution < -0.4 is 0 Å². The molecular formula is C16H26O. The van der Waals surface area contributed by atoms with Gasteiger partial charge in [0.2, 0.25) is 0 Å². The highest BCUT2D eigenvalue weighted by atomic mass is 16.3. The summed E-state index contributed by atoms with van der Waals surface area (Å²) in [5.74, 6) is 1.48. The molecule has 0 aliphatic carbocycles. The molecule has 0 aliphatic heterocycles. The van der Waals surface area contributed by atoms with Crippen molar-refractivity contribution in [3.8, 4) is 5.75 Å². The minimum absolute atomic E-state index is 0.454. The lowest BCUT2D eigenvalue weighted by Gasteiger charge is -2.16. The van der Waals surface area contributed by atoms with Gasteiger partial charge in [-0.25, -0.2) is 0 Å². The fourth-order valence-corrected chi connectivity index (χ4v) is 2.47. The standard InChI is InChI=1S/C16H26O/c1-5-7-12(3)14-9-10-15(16(17)11-14)13(4)8-6-2/h9-13,17H,5-8H2,1-4H3. The number of hydrogen-bond acceptors (Lipinski definition) is 1. The molecule has 0 bridgehead atoms. The summed E-state index contributed by atoms with van der Waals surface area (Å²) in [7, 11) is 0. The minimum Gasteiger partial charge on any atom is -0.508 e. The Morgan fingerprint density at radius 1 is 1.00 bits per heavy atom. The molecule has 0 saturated heterocycles. The van der Waals surface area contributed by atoms with Crippen molar-refractivity contribution in [3.63, 3.8) is 0 Å². The Balaban J connectivity index is 2.85. The molecule has 2 unspecified atom stereocenters. The highest BCUT2D eigenvalue weighted by molar-refractivity contribution is 5.39. The normalized spacial score (nSPS) is 14.6. The van der Waals surface area contributed by atoms with Crippen LogP contribution in [0.25, 0.3) is 0 Å². The number of phenolic OH excluding ortho intramolecular Hbond substituents is 1. The quantitative estimate of drug-likeness (QED) is 0.717. The molecule has 2 atom stereocenters. The van der Waals surface area contributed by atoms with Gasteiger partial charge in [0.1, 0.15) is 5.75 Å². The SMILES string of the molecule is CCCC(C)c1ccc(C(C)CCC)c(O)c1. The summed E-state index contributed by atoms with van der Waals surface area (Å²) in [6, 6.07) is 6.25. The van der Waals surface area contributed by atoms with E-state index >= 15 is 0 Å². The molecule has 1 aromatic rings. The molecule has 0 heterocycles. The molecule has 0 fully saturated rings. The average Bonchev–Trinajstić information content (AvgIpc) is 2.29. The molecule has 1 nitrogen and oxygen atoms in total. The second-order valence-corrected chi connectivity index (χ2v) is 5.20. The van der Waals surface area contributed by atoms with Gasteiger partial charge in [0.25, 0.3) is 0 Å². The van der Waals surface area contributed by atoms with Crippen LogP contribution in [0, 0.1) is 0 Å². The number of hydrogen-bond donors (Lipinski definition) is 1. The Morgan fingerprint density at radius 3 is 2.12 bits per heavy atom. The predicted octanol–water partition coefficient (Wildman–Crippen LogP) is 5.20. The van der Waals surface area contributed by atoms with Crippen molar-refractivity contribution in [2.75, 3.05) is 0 Å². The molecule has 96 valence electrons. The first-order valence-electron chi connectivity index (χ1n) is 6.92. The molecular weight excluding hydrogens is 208 g/mol. The third-order valence-electron chi connectivity index (χ3n) is 3.60. The van der Waals surface area contributed by atoms with Crippen LogP contribution in [0.15, 0.2) is 18.2 Å².